The van der Waals surface area contributed by atoms with Gasteiger partial charge in [0, 0.05) is 12.0 Å². The van der Waals surface area contributed by atoms with Crippen molar-refractivity contribution in [3.63, 3.8) is 0 Å². The average molecular weight is 262 g/mol. The highest BCUT2D eigenvalue weighted by atomic mass is 16.5. The maximum Gasteiger partial charge on any atom is 0.138 e. The second-order valence-corrected chi connectivity index (χ2v) is 4.87. The topological polar surface area (TPSA) is 42.6 Å². The van der Waals surface area contributed by atoms with Gasteiger partial charge in [-0.2, -0.15) is 0 Å². The van der Waals surface area contributed by atoms with Crippen LogP contribution >= 0.6 is 0 Å². The monoisotopic (exact) mass is 262 g/mol. The van der Waals surface area contributed by atoms with E-state index in [-0.39, 0.29) is 6.10 Å². The zero-order valence-corrected chi connectivity index (χ0v) is 11.8. The van der Waals surface area contributed by atoms with E-state index in [1.807, 2.05) is 38.1 Å². The van der Waals surface area contributed by atoms with Crippen molar-refractivity contribution in [3.8, 4) is 0 Å². The molecule has 104 valence electrons. The third kappa shape index (κ3) is 2.99. The minimum atomic E-state index is -0.702. The Kier molecular flexibility index (Phi) is 4.61. The van der Waals surface area contributed by atoms with Crippen molar-refractivity contribution in [1.29, 1.82) is 0 Å². The van der Waals surface area contributed by atoms with Crippen LogP contribution in [0.4, 0.5) is 0 Å². The minimum Gasteiger partial charge on any atom is -0.458 e. The summed E-state index contributed by atoms with van der Waals surface area (Å²) in [4.78, 5) is 0. The first-order valence-electron chi connectivity index (χ1n) is 6.96. The first-order valence-corrected chi connectivity index (χ1v) is 6.96. The molecular formula is C16H22O3. The number of aryl methyl sites for hydroxylation is 1. The third-order valence-electron chi connectivity index (χ3n) is 3.36. The van der Waals surface area contributed by atoms with Gasteiger partial charge in [-0.3, -0.25) is 0 Å². The summed E-state index contributed by atoms with van der Waals surface area (Å²) < 4.78 is 11.4. The number of aliphatic hydroxyl groups excluding tert-OH is 1. The molecule has 0 aliphatic heterocycles. The number of ether oxygens (including phenoxy) is 1. The van der Waals surface area contributed by atoms with Crippen LogP contribution in [-0.2, 0) is 4.74 Å². The molecule has 0 bridgehead atoms. The molecule has 3 heteroatoms. The number of benzene rings is 1. The minimum absolute atomic E-state index is 0.198. The number of hydrogen-bond donors (Lipinski definition) is 1. The van der Waals surface area contributed by atoms with E-state index in [0.717, 1.165) is 29.4 Å². The third-order valence-corrected chi connectivity index (χ3v) is 3.36. The highest BCUT2D eigenvalue weighted by Crippen LogP contribution is 2.30. The Labute approximate surface area is 114 Å². The summed E-state index contributed by atoms with van der Waals surface area (Å²) in [6, 6.07) is 7.91. The van der Waals surface area contributed by atoms with E-state index in [1.54, 1.807) is 0 Å². The molecule has 19 heavy (non-hydrogen) atoms. The standard InChI is InChI=1S/C16H22O3/c1-4-7-13(18-5-2)15(17)14-10-12-9-6-8-11(3)16(12)19-14/h6,8-10,13,15,17H,4-5,7H2,1-3H3. The van der Waals surface area contributed by atoms with Crippen LogP contribution in [0.3, 0.4) is 0 Å². The molecule has 2 atom stereocenters. The van der Waals surface area contributed by atoms with Crippen LogP contribution in [0.25, 0.3) is 11.0 Å². The summed E-state index contributed by atoms with van der Waals surface area (Å²) in [5.74, 6) is 0.594. The molecule has 3 nitrogen and oxygen atoms in total. The predicted molar refractivity (Wildman–Crippen MR) is 76.2 cm³/mol. The van der Waals surface area contributed by atoms with Gasteiger partial charge in [-0.15, -0.1) is 0 Å². The lowest BCUT2D eigenvalue weighted by Gasteiger charge is -2.20. The molecule has 1 heterocycles. The molecule has 1 aromatic heterocycles. The van der Waals surface area contributed by atoms with Crippen LogP contribution in [0.5, 0.6) is 0 Å². The van der Waals surface area contributed by atoms with Crippen LogP contribution in [0.15, 0.2) is 28.7 Å². The smallest absolute Gasteiger partial charge is 0.138 e. The number of rotatable bonds is 6. The summed E-state index contributed by atoms with van der Waals surface area (Å²) in [5, 5.41) is 11.4. The molecular weight excluding hydrogens is 240 g/mol. The fourth-order valence-electron chi connectivity index (χ4n) is 2.39. The summed E-state index contributed by atoms with van der Waals surface area (Å²) in [6.45, 7) is 6.63. The lowest BCUT2D eigenvalue weighted by Crippen LogP contribution is -2.21. The molecule has 0 radical (unpaired) electrons. The van der Waals surface area contributed by atoms with Crippen LogP contribution in [0.2, 0.25) is 0 Å². The molecule has 0 amide bonds. The molecule has 0 aliphatic carbocycles. The fraction of sp³-hybridized carbons (Fsp3) is 0.500. The normalized spacial score (nSPS) is 14.7. The van der Waals surface area contributed by atoms with Gasteiger partial charge in [0.25, 0.3) is 0 Å². The predicted octanol–water partition coefficient (Wildman–Crippen LogP) is 3.98. The number of para-hydroxylation sites is 1. The average Bonchev–Trinajstić information content (AvgIpc) is 2.83. The molecule has 0 saturated carbocycles. The van der Waals surface area contributed by atoms with Gasteiger partial charge in [-0.1, -0.05) is 31.5 Å². The Hall–Kier alpha value is -1.32. The number of aliphatic hydroxyl groups is 1. The van der Waals surface area contributed by atoms with Gasteiger partial charge >= 0.3 is 0 Å². The molecule has 0 aliphatic rings. The molecule has 0 saturated heterocycles. The van der Waals surface area contributed by atoms with Crippen LogP contribution in [-0.4, -0.2) is 17.8 Å². The van der Waals surface area contributed by atoms with E-state index in [1.165, 1.54) is 0 Å². The van der Waals surface area contributed by atoms with Crippen LogP contribution in [0, 0.1) is 6.92 Å². The van der Waals surface area contributed by atoms with E-state index in [9.17, 15) is 5.11 Å². The Morgan fingerprint density at radius 2 is 2.11 bits per heavy atom. The lowest BCUT2D eigenvalue weighted by molar-refractivity contribution is -0.0463. The van der Waals surface area contributed by atoms with E-state index >= 15 is 0 Å². The van der Waals surface area contributed by atoms with Crippen molar-refractivity contribution in [2.24, 2.45) is 0 Å². The summed E-state index contributed by atoms with van der Waals surface area (Å²) in [6.07, 6.45) is 0.897. The molecule has 1 N–H and O–H groups in total. The molecule has 2 rings (SSSR count). The van der Waals surface area contributed by atoms with Crippen molar-refractivity contribution in [1.82, 2.24) is 0 Å². The van der Waals surface area contributed by atoms with Crippen LogP contribution in [0.1, 0.15) is 44.1 Å². The van der Waals surface area contributed by atoms with Gasteiger partial charge in [0.2, 0.25) is 0 Å². The maximum atomic E-state index is 10.4. The van der Waals surface area contributed by atoms with Crippen LogP contribution < -0.4 is 0 Å². The Morgan fingerprint density at radius 1 is 1.32 bits per heavy atom. The largest absolute Gasteiger partial charge is 0.458 e. The molecule has 2 aromatic rings. The molecule has 2 unspecified atom stereocenters. The molecule has 0 spiro atoms. The number of hydrogen-bond acceptors (Lipinski definition) is 3. The van der Waals surface area contributed by atoms with Crippen molar-refractivity contribution in [2.45, 2.75) is 45.8 Å². The lowest BCUT2D eigenvalue weighted by atomic mass is 10.1. The van der Waals surface area contributed by atoms with Gasteiger partial charge in [-0.25, -0.2) is 0 Å². The van der Waals surface area contributed by atoms with Crippen molar-refractivity contribution in [2.75, 3.05) is 6.61 Å². The maximum absolute atomic E-state index is 10.4. The van der Waals surface area contributed by atoms with E-state index in [0.29, 0.717) is 12.4 Å². The zero-order chi connectivity index (χ0) is 13.8. The van der Waals surface area contributed by atoms with Gasteiger partial charge in [0.15, 0.2) is 0 Å². The summed E-state index contributed by atoms with van der Waals surface area (Å²) in [7, 11) is 0. The van der Waals surface area contributed by atoms with Crippen molar-refractivity contribution < 1.29 is 14.3 Å². The molecule has 1 aromatic carbocycles. The highest BCUT2D eigenvalue weighted by molar-refractivity contribution is 5.80. The number of fused-ring (bicyclic) bond motifs is 1. The Morgan fingerprint density at radius 3 is 2.74 bits per heavy atom. The van der Waals surface area contributed by atoms with Gasteiger partial charge in [0.05, 0.1) is 6.10 Å². The van der Waals surface area contributed by atoms with E-state index < -0.39 is 6.10 Å². The fourth-order valence-corrected chi connectivity index (χ4v) is 2.39. The Bertz CT molecular complexity index is 524. The number of furan rings is 1. The second kappa shape index (κ2) is 6.22. The van der Waals surface area contributed by atoms with Gasteiger partial charge < -0.3 is 14.3 Å². The SMILES string of the molecule is CCCC(OCC)C(O)c1cc2cccc(C)c2o1. The van der Waals surface area contributed by atoms with Gasteiger partial charge in [0.1, 0.15) is 17.4 Å². The first-order chi connectivity index (χ1) is 9.17. The zero-order valence-electron chi connectivity index (χ0n) is 11.8. The highest BCUT2D eigenvalue weighted by Gasteiger charge is 2.24. The second-order valence-electron chi connectivity index (χ2n) is 4.87. The summed E-state index contributed by atoms with van der Waals surface area (Å²) in [5.41, 5.74) is 1.93. The van der Waals surface area contributed by atoms with E-state index in [4.69, 9.17) is 9.15 Å². The Balaban J connectivity index is 2.29. The van der Waals surface area contributed by atoms with Crippen molar-refractivity contribution >= 4 is 11.0 Å². The van der Waals surface area contributed by atoms with Gasteiger partial charge in [-0.05, 0) is 31.9 Å². The first kappa shape index (κ1) is 14.1. The summed E-state index contributed by atoms with van der Waals surface area (Å²) >= 11 is 0. The molecule has 0 fully saturated rings. The van der Waals surface area contributed by atoms with E-state index in [2.05, 4.69) is 6.92 Å². The van der Waals surface area contributed by atoms with Crippen molar-refractivity contribution in [3.05, 3.63) is 35.6 Å². The quantitative estimate of drug-likeness (QED) is 0.856.